The Hall–Kier alpha value is -2.57. The fourth-order valence-corrected chi connectivity index (χ4v) is 3.09. The molecule has 112 valence electrons. The fourth-order valence-electron chi connectivity index (χ4n) is 2.15. The van der Waals surface area contributed by atoms with Crippen molar-refractivity contribution in [1.82, 2.24) is 24.8 Å². The van der Waals surface area contributed by atoms with Gasteiger partial charge in [-0.15, -0.1) is 10.2 Å². The topological polar surface area (TPSA) is 56.0 Å². The van der Waals surface area contributed by atoms with Crippen LogP contribution in [-0.2, 0) is 0 Å². The lowest BCUT2D eigenvalue weighted by Crippen LogP contribution is -1.90. The molecule has 0 fully saturated rings. The van der Waals surface area contributed by atoms with Crippen LogP contribution in [0.5, 0.6) is 0 Å². The first-order chi connectivity index (χ1) is 11.3. The van der Waals surface area contributed by atoms with Gasteiger partial charge in [-0.2, -0.15) is 9.61 Å². The Labute approximate surface area is 140 Å². The summed E-state index contributed by atoms with van der Waals surface area (Å²) in [5.74, 6) is 0.705. The maximum absolute atomic E-state index is 6.15. The highest BCUT2D eigenvalue weighted by Crippen LogP contribution is 2.23. The third kappa shape index (κ3) is 2.74. The largest absolute Gasteiger partial charge is 0.265 e. The summed E-state index contributed by atoms with van der Waals surface area (Å²) in [7, 11) is 0. The van der Waals surface area contributed by atoms with Crippen molar-refractivity contribution in [2.75, 3.05) is 0 Å². The molecule has 0 aliphatic rings. The molecule has 3 heterocycles. The number of hydrogen-bond acceptors (Lipinski definition) is 5. The van der Waals surface area contributed by atoms with Gasteiger partial charge < -0.3 is 0 Å². The van der Waals surface area contributed by atoms with E-state index in [1.165, 1.54) is 11.3 Å². The van der Waals surface area contributed by atoms with Crippen molar-refractivity contribution in [1.29, 1.82) is 0 Å². The molecule has 0 saturated carbocycles. The lowest BCUT2D eigenvalue weighted by molar-refractivity contribution is 0.959. The molecule has 0 unspecified atom stereocenters. The molecule has 1 aromatic carbocycles. The summed E-state index contributed by atoms with van der Waals surface area (Å²) in [5.41, 5.74) is 1.88. The van der Waals surface area contributed by atoms with E-state index in [1.54, 1.807) is 16.9 Å². The lowest BCUT2D eigenvalue weighted by atomic mass is 10.2. The van der Waals surface area contributed by atoms with Gasteiger partial charge in [-0.1, -0.05) is 47.2 Å². The molecule has 0 N–H and O–H groups in total. The SMILES string of the molecule is Clc1ccccc1C=Cc1nn2c(-c3ccncc3)nnc2s1. The summed E-state index contributed by atoms with van der Waals surface area (Å²) in [4.78, 5) is 4.76. The molecule has 7 heteroatoms. The molecule has 0 bridgehead atoms. The number of fused-ring (bicyclic) bond motifs is 1. The van der Waals surface area contributed by atoms with Gasteiger partial charge in [0.25, 0.3) is 0 Å². The quantitative estimate of drug-likeness (QED) is 0.564. The second kappa shape index (κ2) is 5.91. The summed E-state index contributed by atoms with van der Waals surface area (Å²) < 4.78 is 1.74. The summed E-state index contributed by atoms with van der Waals surface area (Å²) in [6.07, 6.45) is 7.32. The molecule has 0 amide bonds. The standard InChI is InChI=1S/C16H10ClN5S/c17-13-4-2-1-3-11(13)5-6-14-21-22-15(19-20-16(22)23-14)12-7-9-18-10-8-12/h1-10H. The summed E-state index contributed by atoms with van der Waals surface area (Å²) in [6, 6.07) is 11.4. The molecule has 23 heavy (non-hydrogen) atoms. The first-order valence-electron chi connectivity index (χ1n) is 6.86. The maximum atomic E-state index is 6.15. The highest BCUT2D eigenvalue weighted by molar-refractivity contribution is 7.17. The van der Waals surface area contributed by atoms with E-state index in [0.717, 1.165) is 21.1 Å². The number of nitrogens with zero attached hydrogens (tertiary/aromatic N) is 5. The van der Waals surface area contributed by atoms with Gasteiger partial charge in [0.2, 0.25) is 4.96 Å². The van der Waals surface area contributed by atoms with Crippen molar-refractivity contribution in [3.8, 4) is 11.4 Å². The van der Waals surface area contributed by atoms with Gasteiger partial charge in [0.05, 0.1) is 0 Å². The fraction of sp³-hybridized carbons (Fsp3) is 0. The summed E-state index contributed by atoms with van der Waals surface area (Å²) in [5, 5.41) is 14.5. The number of benzene rings is 1. The molecule has 5 nitrogen and oxygen atoms in total. The Morgan fingerprint density at radius 3 is 2.65 bits per heavy atom. The van der Waals surface area contributed by atoms with Crippen LogP contribution >= 0.6 is 22.9 Å². The van der Waals surface area contributed by atoms with Crippen LogP contribution in [-0.4, -0.2) is 24.8 Å². The lowest BCUT2D eigenvalue weighted by Gasteiger charge is -1.95. The third-order valence-electron chi connectivity index (χ3n) is 3.26. The highest BCUT2D eigenvalue weighted by Gasteiger charge is 2.12. The first-order valence-corrected chi connectivity index (χ1v) is 8.06. The van der Waals surface area contributed by atoms with Crippen LogP contribution in [0.25, 0.3) is 28.5 Å². The molecule has 0 spiro atoms. The van der Waals surface area contributed by atoms with Gasteiger partial charge >= 0.3 is 0 Å². The van der Waals surface area contributed by atoms with Gasteiger partial charge in [0.15, 0.2) is 5.82 Å². The van der Waals surface area contributed by atoms with Crippen LogP contribution in [0, 0.1) is 0 Å². The van der Waals surface area contributed by atoms with E-state index >= 15 is 0 Å². The van der Waals surface area contributed by atoms with E-state index in [9.17, 15) is 0 Å². The minimum atomic E-state index is 0.705. The second-order valence-electron chi connectivity index (χ2n) is 4.75. The Balaban J connectivity index is 1.71. The molecule has 3 aromatic heterocycles. The zero-order valence-corrected chi connectivity index (χ0v) is 13.4. The predicted octanol–water partition coefficient (Wildman–Crippen LogP) is 4.07. The van der Waals surface area contributed by atoms with E-state index in [-0.39, 0.29) is 0 Å². The van der Waals surface area contributed by atoms with Gasteiger partial charge in [0.1, 0.15) is 5.01 Å². The average Bonchev–Trinajstić information content (AvgIpc) is 3.15. The number of aromatic nitrogens is 5. The number of hydrogen-bond donors (Lipinski definition) is 0. The minimum Gasteiger partial charge on any atom is -0.265 e. The van der Waals surface area contributed by atoms with Crippen LogP contribution in [0.15, 0.2) is 48.8 Å². The van der Waals surface area contributed by atoms with Crippen LogP contribution in [0.2, 0.25) is 5.02 Å². The average molecular weight is 340 g/mol. The highest BCUT2D eigenvalue weighted by atomic mass is 35.5. The van der Waals surface area contributed by atoms with Gasteiger partial charge in [-0.3, -0.25) is 4.98 Å². The van der Waals surface area contributed by atoms with E-state index < -0.39 is 0 Å². The van der Waals surface area contributed by atoms with E-state index in [0.29, 0.717) is 10.8 Å². The second-order valence-corrected chi connectivity index (χ2v) is 6.14. The number of pyridine rings is 1. The van der Waals surface area contributed by atoms with Crippen LogP contribution in [0.1, 0.15) is 10.6 Å². The van der Waals surface area contributed by atoms with Crippen molar-refractivity contribution in [3.63, 3.8) is 0 Å². The zero-order chi connectivity index (χ0) is 15.6. The van der Waals surface area contributed by atoms with Crippen LogP contribution in [0.3, 0.4) is 0 Å². The monoisotopic (exact) mass is 339 g/mol. The molecule has 0 aliphatic carbocycles. The van der Waals surface area contributed by atoms with E-state index in [1.807, 2.05) is 48.6 Å². The first kappa shape index (κ1) is 14.0. The molecular weight excluding hydrogens is 330 g/mol. The third-order valence-corrected chi connectivity index (χ3v) is 4.46. The van der Waals surface area contributed by atoms with Crippen LogP contribution in [0.4, 0.5) is 0 Å². The minimum absolute atomic E-state index is 0.705. The molecule has 4 rings (SSSR count). The van der Waals surface area contributed by atoms with Crippen molar-refractivity contribution in [2.45, 2.75) is 0 Å². The van der Waals surface area contributed by atoms with Gasteiger partial charge in [-0.25, -0.2) is 0 Å². The summed E-state index contributed by atoms with van der Waals surface area (Å²) >= 11 is 7.62. The zero-order valence-electron chi connectivity index (χ0n) is 11.8. The van der Waals surface area contributed by atoms with Gasteiger partial charge in [-0.05, 0) is 29.8 Å². The Morgan fingerprint density at radius 2 is 1.83 bits per heavy atom. The molecule has 4 aromatic rings. The van der Waals surface area contributed by atoms with Gasteiger partial charge in [0, 0.05) is 23.0 Å². The Kier molecular flexibility index (Phi) is 3.61. The van der Waals surface area contributed by atoms with Crippen molar-refractivity contribution >= 4 is 40.1 Å². The van der Waals surface area contributed by atoms with Crippen molar-refractivity contribution in [3.05, 3.63) is 64.4 Å². The number of rotatable bonds is 3. The molecule has 0 saturated heterocycles. The Morgan fingerprint density at radius 1 is 1.00 bits per heavy atom. The molecule has 0 atom stereocenters. The van der Waals surface area contributed by atoms with Crippen LogP contribution < -0.4 is 0 Å². The summed E-state index contributed by atoms with van der Waals surface area (Å²) in [6.45, 7) is 0. The van der Waals surface area contributed by atoms with Crippen molar-refractivity contribution in [2.24, 2.45) is 0 Å². The molecule has 0 radical (unpaired) electrons. The smallest absolute Gasteiger partial charge is 0.235 e. The van der Waals surface area contributed by atoms with E-state index in [2.05, 4.69) is 20.3 Å². The van der Waals surface area contributed by atoms with Crippen molar-refractivity contribution < 1.29 is 0 Å². The molecular formula is C16H10ClN5S. The normalized spacial score (nSPS) is 11.5. The predicted molar refractivity (Wildman–Crippen MR) is 92.3 cm³/mol. The Bertz CT molecular complexity index is 990. The number of halogens is 1. The van der Waals surface area contributed by atoms with E-state index in [4.69, 9.17) is 11.6 Å². The molecule has 0 aliphatic heterocycles. The maximum Gasteiger partial charge on any atom is 0.235 e.